The summed E-state index contributed by atoms with van der Waals surface area (Å²) >= 11 is 0. The Morgan fingerprint density at radius 1 is 0.737 bits per heavy atom. The van der Waals surface area contributed by atoms with E-state index in [1.165, 1.54) is 33.4 Å². The molecule has 0 nitrogen and oxygen atoms in total. The predicted octanol–water partition coefficient (Wildman–Crippen LogP) is 5.58. The van der Waals surface area contributed by atoms with Crippen molar-refractivity contribution in [3.63, 3.8) is 0 Å². The van der Waals surface area contributed by atoms with Crippen molar-refractivity contribution in [2.75, 3.05) is 0 Å². The van der Waals surface area contributed by atoms with Crippen molar-refractivity contribution in [2.24, 2.45) is 0 Å². The molecule has 2 rings (SSSR count). The first kappa shape index (κ1) is 13.9. The normalized spacial score (nSPS) is 11.7. The quantitative estimate of drug-likeness (QED) is 0.622. The lowest BCUT2D eigenvalue weighted by atomic mass is 9.82. The van der Waals surface area contributed by atoms with Crippen LogP contribution in [0.5, 0.6) is 0 Å². The van der Waals surface area contributed by atoms with Gasteiger partial charge in [0.15, 0.2) is 0 Å². The molecule has 0 fully saturated rings. The molecule has 2 aromatic carbocycles. The van der Waals surface area contributed by atoms with Crippen LogP contribution in [-0.4, -0.2) is 0 Å². The van der Waals surface area contributed by atoms with Crippen LogP contribution in [-0.2, 0) is 5.41 Å². The summed E-state index contributed by atoms with van der Waals surface area (Å²) in [6.07, 6.45) is 0. The first-order valence-corrected chi connectivity index (χ1v) is 6.98. The molecule has 0 heterocycles. The molecule has 100 valence electrons. The Morgan fingerprint density at radius 3 is 1.63 bits per heavy atom. The Labute approximate surface area is 117 Å². The summed E-state index contributed by atoms with van der Waals surface area (Å²) in [6.45, 7) is 13.4. The van der Waals surface area contributed by atoms with Crippen molar-refractivity contribution in [3.8, 4) is 11.1 Å². The molecule has 0 heteroatoms. The molecular weight excluding hydrogens is 228 g/mol. The molecule has 19 heavy (non-hydrogen) atoms. The molecule has 0 saturated carbocycles. The Balaban J connectivity index is 2.57. The Bertz CT molecular complexity index is 557. The minimum Gasteiger partial charge on any atom is -0.0587 e. The van der Waals surface area contributed by atoms with E-state index in [0.29, 0.717) is 0 Å². The van der Waals surface area contributed by atoms with Gasteiger partial charge in [-0.15, -0.1) is 0 Å². The van der Waals surface area contributed by atoms with Crippen LogP contribution in [0.15, 0.2) is 36.4 Å². The lowest BCUT2D eigenvalue weighted by Gasteiger charge is -2.22. The van der Waals surface area contributed by atoms with Gasteiger partial charge in [0, 0.05) is 0 Å². The molecule has 0 radical (unpaired) electrons. The van der Waals surface area contributed by atoms with E-state index in [4.69, 9.17) is 0 Å². The van der Waals surface area contributed by atoms with E-state index in [-0.39, 0.29) is 5.41 Å². The van der Waals surface area contributed by atoms with Crippen molar-refractivity contribution < 1.29 is 0 Å². The van der Waals surface area contributed by atoms with Crippen LogP contribution >= 0.6 is 0 Å². The fraction of sp³-hybridized carbons (Fsp3) is 0.368. The average molecular weight is 252 g/mol. The SMILES string of the molecule is Cc1ccc(-c2c(C)cc(C(C)(C)C)cc2C)cc1. The molecule has 0 unspecified atom stereocenters. The minimum absolute atomic E-state index is 0.210. The number of hydrogen-bond acceptors (Lipinski definition) is 0. The number of rotatable bonds is 1. The third-order valence-corrected chi connectivity index (χ3v) is 3.74. The maximum atomic E-state index is 2.34. The maximum Gasteiger partial charge on any atom is -0.0125 e. The van der Waals surface area contributed by atoms with Gasteiger partial charge in [-0.1, -0.05) is 62.7 Å². The molecule has 0 aliphatic rings. The van der Waals surface area contributed by atoms with Gasteiger partial charge in [0.05, 0.1) is 0 Å². The Morgan fingerprint density at radius 2 is 1.21 bits per heavy atom. The summed E-state index contributed by atoms with van der Waals surface area (Å²) < 4.78 is 0. The molecule has 0 saturated heterocycles. The highest BCUT2D eigenvalue weighted by molar-refractivity contribution is 5.71. The van der Waals surface area contributed by atoms with Crippen LogP contribution in [0.3, 0.4) is 0 Å². The molecule has 0 aliphatic heterocycles. The lowest BCUT2D eigenvalue weighted by Crippen LogP contribution is -2.12. The number of hydrogen-bond donors (Lipinski definition) is 0. The fourth-order valence-corrected chi connectivity index (χ4v) is 2.57. The lowest BCUT2D eigenvalue weighted by molar-refractivity contribution is 0.589. The van der Waals surface area contributed by atoms with Crippen molar-refractivity contribution in [3.05, 3.63) is 58.7 Å². The first-order chi connectivity index (χ1) is 8.79. The second kappa shape index (κ2) is 4.85. The average Bonchev–Trinajstić information content (AvgIpc) is 2.29. The maximum absolute atomic E-state index is 2.34. The summed E-state index contributed by atoms with van der Waals surface area (Å²) in [4.78, 5) is 0. The van der Waals surface area contributed by atoms with Gasteiger partial charge in [0.2, 0.25) is 0 Å². The van der Waals surface area contributed by atoms with Gasteiger partial charge in [0.1, 0.15) is 0 Å². The largest absolute Gasteiger partial charge is 0.0587 e. The zero-order chi connectivity index (χ0) is 14.2. The monoisotopic (exact) mass is 252 g/mol. The van der Waals surface area contributed by atoms with Gasteiger partial charge >= 0.3 is 0 Å². The van der Waals surface area contributed by atoms with Gasteiger partial charge < -0.3 is 0 Å². The zero-order valence-electron chi connectivity index (χ0n) is 13.0. The molecule has 0 aliphatic carbocycles. The summed E-state index contributed by atoms with van der Waals surface area (Å²) in [6, 6.07) is 13.5. The zero-order valence-corrected chi connectivity index (χ0v) is 13.0. The van der Waals surface area contributed by atoms with E-state index in [2.05, 4.69) is 77.9 Å². The van der Waals surface area contributed by atoms with Gasteiger partial charge in [-0.2, -0.15) is 0 Å². The van der Waals surface area contributed by atoms with E-state index in [9.17, 15) is 0 Å². The highest BCUT2D eigenvalue weighted by atomic mass is 14.2. The van der Waals surface area contributed by atoms with E-state index in [1.807, 2.05) is 0 Å². The Kier molecular flexibility index (Phi) is 3.54. The van der Waals surface area contributed by atoms with Crippen LogP contribution in [0.1, 0.15) is 43.0 Å². The van der Waals surface area contributed by atoms with Crippen LogP contribution in [0.4, 0.5) is 0 Å². The standard InChI is InChI=1S/C19H24/c1-13-7-9-16(10-8-13)18-14(2)11-17(12-15(18)3)19(4,5)6/h7-12H,1-6H3. The molecular formula is C19H24. The summed E-state index contributed by atoms with van der Waals surface area (Å²) in [5.74, 6) is 0. The molecule has 0 aromatic heterocycles. The Hall–Kier alpha value is -1.56. The van der Waals surface area contributed by atoms with E-state index in [0.717, 1.165) is 0 Å². The van der Waals surface area contributed by atoms with Crippen molar-refractivity contribution in [1.29, 1.82) is 0 Å². The smallest absolute Gasteiger partial charge is 0.0125 e. The predicted molar refractivity (Wildman–Crippen MR) is 84.8 cm³/mol. The van der Waals surface area contributed by atoms with Crippen molar-refractivity contribution in [1.82, 2.24) is 0 Å². The topological polar surface area (TPSA) is 0 Å². The van der Waals surface area contributed by atoms with Crippen molar-refractivity contribution in [2.45, 2.75) is 47.0 Å². The second-order valence-electron chi connectivity index (χ2n) is 6.60. The molecule has 0 amide bonds. The molecule has 0 atom stereocenters. The van der Waals surface area contributed by atoms with Gasteiger partial charge in [-0.3, -0.25) is 0 Å². The fourth-order valence-electron chi connectivity index (χ4n) is 2.57. The van der Waals surface area contributed by atoms with Crippen molar-refractivity contribution >= 4 is 0 Å². The van der Waals surface area contributed by atoms with Crippen LogP contribution in [0.2, 0.25) is 0 Å². The third kappa shape index (κ3) is 2.89. The van der Waals surface area contributed by atoms with Crippen LogP contribution in [0.25, 0.3) is 11.1 Å². The van der Waals surface area contributed by atoms with Gasteiger partial charge in [-0.05, 0) is 54.0 Å². The minimum atomic E-state index is 0.210. The third-order valence-electron chi connectivity index (χ3n) is 3.74. The molecule has 0 N–H and O–H groups in total. The van der Waals surface area contributed by atoms with Gasteiger partial charge in [-0.25, -0.2) is 0 Å². The number of benzene rings is 2. The molecule has 2 aromatic rings. The highest BCUT2D eigenvalue weighted by Crippen LogP contribution is 2.32. The molecule has 0 bridgehead atoms. The van der Waals surface area contributed by atoms with E-state index in [1.54, 1.807) is 0 Å². The van der Waals surface area contributed by atoms with Gasteiger partial charge in [0.25, 0.3) is 0 Å². The van der Waals surface area contributed by atoms with Crippen LogP contribution < -0.4 is 0 Å². The first-order valence-electron chi connectivity index (χ1n) is 6.98. The second-order valence-corrected chi connectivity index (χ2v) is 6.60. The van der Waals surface area contributed by atoms with E-state index < -0.39 is 0 Å². The summed E-state index contributed by atoms with van der Waals surface area (Å²) in [5, 5.41) is 0. The highest BCUT2D eigenvalue weighted by Gasteiger charge is 2.16. The molecule has 0 spiro atoms. The van der Waals surface area contributed by atoms with Crippen LogP contribution in [0, 0.1) is 20.8 Å². The number of aryl methyl sites for hydroxylation is 3. The summed E-state index contributed by atoms with van der Waals surface area (Å²) in [7, 11) is 0. The summed E-state index contributed by atoms with van der Waals surface area (Å²) in [5.41, 5.74) is 8.38. The van der Waals surface area contributed by atoms with E-state index >= 15 is 0 Å².